The van der Waals surface area contributed by atoms with Crippen molar-refractivity contribution in [3.05, 3.63) is 65.0 Å². The average Bonchev–Trinajstić information content (AvgIpc) is 2.69. The molecule has 8 heteroatoms. The summed E-state index contributed by atoms with van der Waals surface area (Å²) in [5.74, 6) is 0.229. The van der Waals surface area contributed by atoms with E-state index in [-0.39, 0.29) is 35.5 Å². The van der Waals surface area contributed by atoms with Crippen molar-refractivity contribution in [3.8, 4) is 17.2 Å². The van der Waals surface area contributed by atoms with E-state index in [1.54, 1.807) is 45.0 Å². The highest BCUT2D eigenvalue weighted by molar-refractivity contribution is 5.81. The Balaban J connectivity index is 1.61. The maximum atomic E-state index is 12.6. The van der Waals surface area contributed by atoms with E-state index >= 15 is 0 Å². The molecular weight excluding hydrogens is 402 g/mol. The number of hydrogen-bond acceptors (Lipinski definition) is 7. The Labute approximate surface area is 178 Å². The largest absolute Gasteiger partial charge is 0.460 e. The number of hydrogen-bond donors (Lipinski definition) is 1. The molecule has 0 saturated heterocycles. The molecule has 2 aromatic carbocycles. The van der Waals surface area contributed by atoms with Crippen LogP contribution in [0.1, 0.15) is 27.2 Å². The van der Waals surface area contributed by atoms with E-state index < -0.39 is 17.7 Å². The second kappa shape index (κ2) is 9.34. The number of alkyl carbamates (subject to hydrolysis) is 1. The Kier molecular flexibility index (Phi) is 6.59. The number of ether oxygens (including phenoxy) is 3. The maximum Gasteiger partial charge on any atom is 0.407 e. The van der Waals surface area contributed by atoms with Crippen molar-refractivity contribution in [2.75, 3.05) is 6.54 Å². The first-order chi connectivity index (χ1) is 14.7. The van der Waals surface area contributed by atoms with Gasteiger partial charge in [0.05, 0.1) is 11.8 Å². The fourth-order valence-corrected chi connectivity index (χ4v) is 2.60. The fraction of sp³-hybridized carbons (Fsp3) is 0.261. The Morgan fingerprint density at radius 1 is 1.03 bits per heavy atom. The third-order valence-electron chi connectivity index (χ3n) is 3.91. The molecule has 8 nitrogen and oxygen atoms in total. The van der Waals surface area contributed by atoms with E-state index in [0.29, 0.717) is 11.1 Å². The summed E-state index contributed by atoms with van der Waals surface area (Å²) in [4.78, 5) is 36.2. The monoisotopic (exact) mass is 425 g/mol. The molecule has 0 atom stereocenters. The number of rotatable bonds is 6. The molecule has 0 unspecified atom stereocenters. The van der Waals surface area contributed by atoms with Crippen molar-refractivity contribution in [1.82, 2.24) is 5.32 Å². The molecule has 0 spiro atoms. The highest BCUT2D eigenvalue weighted by atomic mass is 16.6. The van der Waals surface area contributed by atoms with Crippen LogP contribution in [-0.4, -0.2) is 24.2 Å². The van der Waals surface area contributed by atoms with Gasteiger partial charge in [0.1, 0.15) is 28.9 Å². The van der Waals surface area contributed by atoms with Gasteiger partial charge in [0, 0.05) is 12.6 Å². The maximum absolute atomic E-state index is 12.6. The van der Waals surface area contributed by atoms with Crippen LogP contribution >= 0.6 is 0 Å². The minimum atomic E-state index is -0.619. The predicted octanol–water partition coefficient (Wildman–Crippen LogP) is 4.41. The molecule has 162 valence electrons. The normalized spacial score (nSPS) is 11.1. The van der Waals surface area contributed by atoms with Crippen LogP contribution in [0.25, 0.3) is 11.0 Å². The van der Waals surface area contributed by atoms with E-state index in [1.165, 1.54) is 24.5 Å². The van der Waals surface area contributed by atoms with E-state index in [0.717, 1.165) is 0 Å². The van der Waals surface area contributed by atoms with E-state index in [1.807, 2.05) is 6.07 Å². The van der Waals surface area contributed by atoms with Crippen LogP contribution in [0.4, 0.5) is 4.79 Å². The minimum absolute atomic E-state index is 0.0505. The zero-order valence-corrected chi connectivity index (χ0v) is 17.5. The molecule has 0 bridgehead atoms. The van der Waals surface area contributed by atoms with E-state index in [4.69, 9.17) is 18.6 Å². The third kappa shape index (κ3) is 6.33. The van der Waals surface area contributed by atoms with Gasteiger partial charge >= 0.3 is 12.1 Å². The van der Waals surface area contributed by atoms with Crippen molar-refractivity contribution in [1.29, 1.82) is 0 Å². The summed E-state index contributed by atoms with van der Waals surface area (Å²) in [6, 6.07) is 13.3. The van der Waals surface area contributed by atoms with Crippen molar-refractivity contribution in [3.63, 3.8) is 0 Å². The summed E-state index contributed by atoms with van der Waals surface area (Å²) in [5.41, 5.74) is -0.710. The van der Waals surface area contributed by atoms with E-state index in [9.17, 15) is 14.4 Å². The number of amides is 1. The summed E-state index contributed by atoms with van der Waals surface area (Å²) in [6.45, 7) is 5.30. The van der Waals surface area contributed by atoms with Gasteiger partial charge in [0.2, 0.25) is 11.2 Å². The summed E-state index contributed by atoms with van der Waals surface area (Å²) >= 11 is 0. The molecule has 0 saturated carbocycles. The Morgan fingerprint density at radius 2 is 1.77 bits per heavy atom. The van der Waals surface area contributed by atoms with Gasteiger partial charge in [-0.1, -0.05) is 18.2 Å². The SMILES string of the molecule is CC(C)(C)OC(=O)NCCC(=O)Oc1ccc2c(=O)c(Oc3ccccc3)coc2c1. The van der Waals surface area contributed by atoms with Gasteiger partial charge in [0.25, 0.3) is 0 Å². The number of carbonyl (C=O) groups excluding carboxylic acids is 2. The molecule has 3 rings (SSSR count). The smallest absolute Gasteiger partial charge is 0.407 e. The Morgan fingerprint density at radius 3 is 2.48 bits per heavy atom. The second-order valence-electron chi connectivity index (χ2n) is 7.65. The van der Waals surface area contributed by atoms with Crippen LogP contribution in [-0.2, 0) is 9.53 Å². The summed E-state index contributed by atoms with van der Waals surface area (Å²) in [5, 5.41) is 2.77. The van der Waals surface area contributed by atoms with Gasteiger partial charge < -0.3 is 23.9 Å². The third-order valence-corrected chi connectivity index (χ3v) is 3.91. The molecule has 0 aliphatic heterocycles. The van der Waals surface area contributed by atoms with Crippen LogP contribution in [0, 0.1) is 0 Å². The van der Waals surface area contributed by atoms with Crippen LogP contribution in [0.15, 0.2) is 64.0 Å². The highest BCUT2D eigenvalue weighted by Gasteiger charge is 2.16. The molecule has 1 heterocycles. The van der Waals surface area contributed by atoms with E-state index in [2.05, 4.69) is 5.32 Å². The first-order valence-corrected chi connectivity index (χ1v) is 9.67. The second-order valence-corrected chi connectivity index (χ2v) is 7.65. The highest BCUT2D eigenvalue weighted by Crippen LogP contribution is 2.24. The molecule has 0 aliphatic carbocycles. The quantitative estimate of drug-likeness (QED) is 0.461. The van der Waals surface area contributed by atoms with Crippen molar-refractivity contribution in [2.24, 2.45) is 0 Å². The van der Waals surface area contributed by atoms with Gasteiger partial charge in [-0.05, 0) is 45.0 Å². The van der Waals surface area contributed by atoms with Crippen LogP contribution in [0.2, 0.25) is 0 Å². The number of carbonyl (C=O) groups is 2. The number of esters is 1. The molecule has 1 N–H and O–H groups in total. The molecule has 1 amide bonds. The van der Waals surface area contributed by atoms with Gasteiger partial charge in [-0.3, -0.25) is 9.59 Å². The molecule has 3 aromatic rings. The summed E-state index contributed by atoms with van der Waals surface area (Å²) in [6.07, 6.45) is 0.556. The molecular formula is C23H23NO7. The van der Waals surface area contributed by atoms with Gasteiger partial charge in [-0.15, -0.1) is 0 Å². The summed E-state index contributed by atoms with van der Waals surface area (Å²) in [7, 11) is 0. The first-order valence-electron chi connectivity index (χ1n) is 9.67. The van der Waals surface area contributed by atoms with Crippen LogP contribution < -0.4 is 20.2 Å². The van der Waals surface area contributed by atoms with Crippen molar-refractivity contribution in [2.45, 2.75) is 32.8 Å². The van der Waals surface area contributed by atoms with Gasteiger partial charge in [-0.2, -0.15) is 0 Å². The lowest BCUT2D eigenvalue weighted by Crippen LogP contribution is -2.34. The molecule has 31 heavy (non-hydrogen) atoms. The molecule has 0 aliphatic rings. The standard InChI is InChI=1S/C23H23NO7/c1-23(2,3)31-22(27)24-12-11-20(25)30-16-9-10-17-18(13-16)28-14-19(21(17)26)29-15-7-5-4-6-8-15/h4-10,13-14H,11-12H2,1-3H3,(H,24,27). The van der Waals surface area contributed by atoms with Gasteiger partial charge in [0.15, 0.2) is 0 Å². The minimum Gasteiger partial charge on any atom is -0.460 e. The number of fused-ring (bicyclic) bond motifs is 1. The number of benzene rings is 2. The fourth-order valence-electron chi connectivity index (χ4n) is 2.60. The average molecular weight is 425 g/mol. The predicted molar refractivity (Wildman–Crippen MR) is 113 cm³/mol. The lowest BCUT2D eigenvalue weighted by atomic mass is 10.2. The zero-order chi connectivity index (χ0) is 22.4. The van der Waals surface area contributed by atoms with Crippen molar-refractivity contribution < 1.29 is 28.2 Å². The first kappa shape index (κ1) is 21.9. The number of para-hydroxylation sites is 1. The van der Waals surface area contributed by atoms with Crippen molar-refractivity contribution >= 4 is 23.0 Å². The number of nitrogens with one attached hydrogen (secondary N) is 1. The molecule has 0 fully saturated rings. The van der Waals surface area contributed by atoms with Gasteiger partial charge in [-0.25, -0.2) is 4.79 Å². The van der Waals surface area contributed by atoms with Crippen LogP contribution in [0.5, 0.6) is 17.2 Å². The zero-order valence-electron chi connectivity index (χ0n) is 17.5. The molecule has 0 radical (unpaired) electrons. The topological polar surface area (TPSA) is 104 Å². The lowest BCUT2D eigenvalue weighted by molar-refractivity contribution is -0.134. The molecule has 1 aromatic heterocycles. The lowest BCUT2D eigenvalue weighted by Gasteiger charge is -2.19. The Hall–Kier alpha value is -3.81. The summed E-state index contributed by atoms with van der Waals surface area (Å²) < 4.78 is 21.4. The van der Waals surface area contributed by atoms with Crippen LogP contribution in [0.3, 0.4) is 0 Å². The Bertz CT molecular complexity index is 1130.